The molecule has 1 atom stereocenters. The Kier molecular flexibility index (Phi) is 3.06. The third kappa shape index (κ3) is 2.12. The highest BCUT2D eigenvalue weighted by atomic mass is 16.2. The number of piperidine rings is 1. The Balaban J connectivity index is 1.67. The van der Waals surface area contributed by atoms with Gasteiger partial charge in [-0.3, -0.25) is 4.79 Å². The molecule has 22 heavy (non-hydrogen) atoms. The topological polar surface area (TPSA) is 92.1 Å². The molecular weight excluding hydrogens is 282 g/mol. The maximum Gasteiger partial charge on any atom is 0.255 e. The molecule has 112 valence electrons. The Morgan fingerprint density at radius 2 is 2.27 bits per heavy atom. The molecule has 1 fully saturated rings. The van der Waals surface area contributed by atoms with E-state index in [1.807, 2.05) is 27.6 Å². The van der Waals surface area contributed by atoms with Crippen molar-refractivity contribution in [1.29, 1.82) is 0 Å². The Morgan fingerprint density at radius 3 is 3.14 bits per heavy atom. The standard InChI is InChI=1S/C14H15N7O/c22-14(10-4-5-11-7-15-9-20(11)8-10)21-6-2-1-3-12(21)13-16-18-19-17-13/h4-5,7-9,12H,1-3,6H2,(H,16,17,18,19). The van der Waals surface area contributed by atoms with Crippen LogP contribution in [0.2, 0.25) is 0 Å². The van der Waals surface area contributed by atoms with Crippen molar-refractivity contribution in [3.63, 3.8) is 0 Å². The van der Waals surface area contributed by atoms with Crippen LogP contribution >= 0.6 is 0 Å². The van der Waals surface area contributed by atoms with E-state index >= 15 is 0 Å². The van der Waals surface area contributed by atoms with Crippen molar-refractivity contribution in [2.45, 2.75) is 25.3 Å². The summed E-state index contributed by atoms with van der Waals surface area (Å²) < 4.78 is 1.85. The number of nitrogens with one attached hydrogen (secondary N) is 1. The van der Waals surface area contributed by atoms with Crippen molar-refractivity contribution in [3.8, 4) is 0 Å². The van der Waals surface area contributed by atoms with Crippen LogP contribution in [0.25, 0.3) is 5.52 Å². The van der Waals surface area contributed by atoms with Crippen LogP contribution in [0.4, 0.5) is 0 Å². The maximum absolute atomic E-state index is 12.9. The van der Waals surface area contributed by atoms with Gasteiger partial charge in [0.25, 0.3) is 5.91 Å². The van der Waals surface area contributed by atoms with E-state index in [1.165, 1.54) is 0 Å². The van der Waals surface area contributed by atoms with Gasteiger partial charge in [-0.05, 0) is 31.4 Å². The van der Waals surface area contributed by atoms with Crippen LogP contribution in [0.1, 0.15) is 41.5 Å². The molecule has 1 amide bonds. The number of nitrogens with zero attached hydrogens (tertiary/aromatic N) is 6. The summed E-state index contributed by atoms with van der Waals surface area (Å²) in [5.41, 5.74) is 1.60. The molecule has 4 rings (SSSR count). The summed E-state index contributed by atoms with van der Waals surface area (Å²) in [5, 5.41) is 14.2. The average molecular weight is 297 g/mol. The number of rotatable bonds is 2. The first kappa shape index (κ1) is 12.9. The molecular formula is C14H15N7O. The van der Waals surface area contributed by atoms with Gasteiger partial charge in [0.05, 0.1) is 29.6 Å². The molecule has 1 aliphatic heterocycles. The average Bonchev–Trinajstić information content (AvgIpc) is 3.24. The number of tetrazole rings is 1. The minimum atomic E-state index is -0.113. The number of fused-ring (bicyclic) bond motifs is 1. The molecule has 1 saturated heterocycles. The fraction of sp³-hybridized carbons (Fsp3) is 0.357. The van der Waals surface area contributed by atoms with Gasteiger partial charge in [-0.2, -0.15) is 5.21 Å². The number of carbonyl (C=O) groups excluding carboxylic acids is 1. The number of imidazole rings is 1. The first-order valence-corrected chi connectivity index (χ1v) is 7.29. The number of carbonyl (C=O) groups is 1. The van der Waals surface area contributed by atoms with Gasteiger partial charge < -0.3 is 9.30 Å². The second kappa shape index (κ2) is 5.21. The number of likely N-dealkylation sites (tertiary alicyclic amines) is 1. The third-order valence-corrected chi connectivity index (χ3v) is 4.08. The van der Waals surface area contributed by atoms with Crippen LogP contribution in [-0.4, -0.2) is 47.4 Å². The summed E-state index contributed by atoms with van der Waals surface area (Å²) >= 11 is 0. The Bertz CT molecular complexity index is 794. The molecule has 3 aromatic rings. The Hall–Kier alpha value is -2.77. The molecule has 1 unspecified atom stereocenters. The molecule has 0 aromatic carbocycles. The SMILES string of the molecule is O=C(c1ccc2cncn2c1)N1CCCCC1c1nn[nH]n1. The fourth-order valence-electron chi connectivity index (χ4n) is 2.97. The van der Waals surface area contributed by atoms with Gasteiger partial charge in [-0.15, -0.1) is 10.2 Å². The fourth-order valence-corrected chi connectivity index (χ4v) is 2.97. The van der Waals surface area contributed by atoms with Crippen LogP contribution < -0.4 is 0 Å². The summed E-state index contributed by atoms with van der Waals surface area (Å²) in [5.74, 6) is 0.571. The smallest absolute Gasteiger partial charge is 0.255 e. The zero-order valence-electron chi connectivity index (χ0n) is 11.9. The minimum absolute atomic E-state index is 0.00917. The summed E-state index contributed by atoms with van der Waals surface area (Å²) in [7, 11) is 0. The van der Waals surface area contributed by atoms with Crippen molar-refractivity contribution in [2.24, 2.45) is 0 Å². The summed E-state index contributed by atoms with van der Waals surface area (Å²) in [4.78, 5) is 18.8. The monoisotopic (exact) mass is 297 g/mol. The van der Waals surface area contributed by atoms with E-state index in [9.17, 15) is 4.79 Å². The summed E-state index contributed by atoms with van der Waals surface area (Å²) in [6.45, 7) is 0.708. The van der Waals surface area contributed by atoms with Gasteiger partial charge in [-0.25, -0.2) is 4.98 Å². The predicted molar refractivity (Wildman–Crippen MR) is 77.0 cm³/mol. The van der Waals surface area contributed by atoms with Gasteiger partial charge in [0.15, 0.2) is 5.82 Å². The molecule has 0 saturated carbocycles. The Labute approximate surface area is 126 Å². The lowest BCUT2D eigenvalue weighted by Gasteiger charge is -2.33. The van der Waals surface area contributed by atoms with Crippen LogP contribution in [0, 0.1) is 0 Å². The van der Waals surface area contributed by atoms with Crippen LogP contribution in [-0.2, 0) is 0 Å². The van der Waals surface area contributed by atoms with Gasteiger partial charge in [0.2, 0.25) is 0 Å². The van der Waals surface area contributed by atoms with E-state index < -0.39 is 0 Å². The first-order chi connectivity index (χ1) is 10.8. The third-order valence-electron chi connectivity index (χ3n) is 4.08. The highest BCUT2D eigenvalue weighted by Gasteiger charge is 2.31. The molecule has 1 N–H and O–H groups in total. The second-order valence-electron chi connectivity index (χ2n) is 5.42. The van der Waals surface area contributed by atoms with E-state index in [4.69, 9.17) is 0 Å². The zero-order valence-corrected chi connectivity index (χ0v) is 11.9. The molecule has 8 heteroatoms. The van der Waals surface area contributed by atoms with Crippen molar-refractivity contribution in [3.05, 3.63) is 42.2 Å². The van der Waals surface area contributed by atoms with E-state index in [1.54, 1.807) is 12.5 Å². The molecule has 8 nitrogen and oxygen atoms in total. The van der Waals surface area contributed by atoms with Crippen molar-refractivity contribution in [1.82, 2.24) is 34.9 Å². The lowest BCUT2D eigenvalue weighted by Crippen LogP contribution is -2.39. The molecule has 0 aliphatic carbocycles. The molecule has 1 aliphatic rings. The maximum atomic E-state index is 12.9. The molecule has 0 spiro atoms. The normalized spacial score (nSPS) is 18.7. The quantitative estimate of drug-likeness (QED) is 0.767. The summed E-state index contributed by atoms with van der Waals surface area (Å²) in [6.07, 6.45) is 8.18. The second-order valence-corrected chi connectivity index (χ2v) is 5.42. The van der Waals surface area contributed by atoms with Crippen LogP contribution in [0.5, 0.6) is 0 Å². The first-order valence-electron chi connectivity index (χ1n) is 7.29. The van der Waals surface area contributed by atoms with Crippen molar-refractivity contribution >= 4 is 11.4 Å². The Morgan fingerprint density at radius 1 is 1.32 bits per heavy atom. The van der Waals surface area contributed by atoms with Crippen LogP contribution in [0.15, 0.2) is 30.9 Å². The number of pyridine rings is 1. The minimum Gasteiger partial charge on any atom is -0.328 e. The van der Waals surface area contributed by atoms with E-state index in [0.29, 0.717) is 17.9 Å². The zero-order chi connectivity index (χ0) is 14.9. The van der Waals surface area contributed by atoms with Gasteiger partial charge >= 0.3 is 0 Å². The number of hydrogen-bond acceptors (Lipinski definition) is 5. The van der Waals surface area contributed by atoms with Gasteiger partial charge in [0, 0.05) is 12.7 Å². The molecule has 0 radical (unpaired) electrons. The summed E-state index contributed by atoms with van der Waals surface area (Å²) in [6, 6.07) is 3.62. The number of aromatic amines is 1. The lowest BCUT2D eigenvalue weighted by atomic mass is 10.0. The molecule has 0 bridgehead atoms. The highest BCUT2D eigenvalue weighted by Crippen LogP contribution is 2.29. The van der Waals surface area contributed by atoms with Crippen molar-refractivity contribution < 1.29 is 4.79 Å². The number of amides is 1. The largest absolute Gasteiger partial charge is 0.328 e. The van der Waals surface area contributed by atoms with Gasteiger partial charge in [-0.1, -0.05) is 5.21 Å². The number of aromatic nitrogens is 6. The van der Waals surface area contributed by atoms with Gasteiger partial charge in [0.1, 0.15) is 0 Å². The number of hydrogen-bond donors (Lipinski definition) is 1. The predicted octanol–water partition coefficient (Wildman–Crippen LogP) is 1.21. The van der Waals surface area contributed by atoms with E-state index in [-0.39, 0.29) is 11.9 Å². The van der Waals surface area contributed by atoms with Crippen molar-refractivity contribution in [2.75, 3.05) is 6.54 Å². The van der Waals surface area contributed by atoms with E-state index in [2.05, 4.69) is 25.6 Å². The molecule has 3 aromatic heterocycles. The van der Waals surface area contributed by atoms with E-state index in [0.717, 1.165) is 24.8 Å². The number of H-pyrrole nitrogens is 1. The lowest BCUT2D eigenvalue weighted by molar-refractivity contribution is 0.0599. The highest BCUT2D eigenvalue weighted by molar-refractivity contribution is 5.94. The molecule has 4 heterocycles. The van der Waals surface area contributed by atoms with Crippen LogP contribution in [0.3, 0.4) is 0 Å².